The van der Waals surface area contributed by atoms with Gasteiger partial charge in [0.15, 0.2) is 0 Å². The number of likely N-dealkylation sites (tertiary alicyclic amines) is 1. The van der Waals surface area contributed by atoms with Crippen molar-refractivity contribution in [3.05, 3.63) is 0 Å². The fourth-order valence-electron chi connectivity index (χ4n) is 1.23. The summed E-state index contributed by atoms with van der Waals surface area (Å²) >= 11 is 0. The Morgan fingerprint density at radius 1 is 1.80 bits per heavy atom. The molecule has 56 valence electrons. The molecule has 1 rings (SSSR count). The van der Waals surface area contributed by atoms with Crippen molar-refractivity contribution in [2.24, 2.45) is 5.73 Å². The van der Waals surface area contributed by atoms with E-state index in [-0.39, 0.29) is 6.04 Å². The Morgan fingerprint density at radius 2 is 2.40 bits per heavy atom. The van der Waals surface area contributed by atoms with Gasteiger partial charge >= 0.3 is 0 Å². The Hall–Kier alpha value is -0.590. The molecule has 0 aromatic rings. The normalized spacial score (nSPS) is 23.3. The minimum Gasteiger partial charge on any atom is -0.325 e. The number of rotatable bonds is 2. The molecule has 0 aromatic carbocycles. The zero-order chi connectivity index (χ0) is 7.56. The van der Waals surface area contributed by atoms with Crippen LogP contribution in [0.3, 0.4) is 0 Å². The molecule has 1 unspecified atom stereocenters. The SMILES string of the molecule is CCC(C#N)N1CC(N)C1. The zero-order valence-corrected chi connectivity index (χ0v) is 6.25. The maximum Gasteiger partial charge on any atom is 0.0976 e. The third-order valence-electron chi connectivity index (χ3n) is 1.91. The summed E-state index contributed by atoms with van der Waals surface area (Å²) in [6, 6.07) is 2.65. The van der Waals surface area contributed by atoms with E-state index in [0.29, 0.717) is 6.04 Å². The predicted octanol–water partition coefficient (Wildman–Crippen LogP) is -0.0685. The van der Waals surface area contributed by atoms with Crippen LogP contribution >= 0.6 is 0 Å². The molecule has 0 amide bonds. The molecule has 1 atom stereocenters. The lowest BCUT2D eigenvalue weighted by Crippen LogP contribution is -2.58. The number of nitrogens with zero attached hydrogens (tertiary/aromatic N) is 2. The zero-order valence-electron chi connectivity index (χ0n) is 6.25. The second-order valence-electron chi connectivity index (χ2n) is 2.77. The molecule has 0 aromatic heterocycles. The molecular weight excluding hydrogens is 126 g/mol. The summed E-state index contributed by atoms with van der Waals surface area (Å²) < 4.78 is 0. The monoisotopic (exact) mass is 139 g/mol. The van der Waals surface area contributed by atoms with Crippen LogP contribution in [0.25, 0.3) is 0 Å². The highest BCUT2D eigenvalue weighted by Gasteiger charge is 2.28. The van der Waals surface area contributed by atoms with Crippen molar-refractivity contribution >= 4 is 0 Å². The van der Waals surface area contributed by atoms with Gasteiger partial charge in [0, 0.05) is 19.1 Å². The standard InChI is InChI=1S/C7H13N3/c1-2-7(3-8)10-4-6(9)5-10/h6-7H,2,4-5,9H2,1H3. The van der Waals surface area contributed by atoms with Crippen LogP contribution in [0, 0.1) is 11.3 Å². The lowest BCUT2D eigenvalue weighted by atomic mass is 10.1. The van der Waals surface area contributed by atoms with Gasteiger partial charge in [0.05, 0.1) is 12.1 Å². The smallest absolute Gasteiger partial charge is 0.0976 e. The molecule has 0 saturated carbocycles. The van der Waals surface area contributed by atoms with Crippen LogP contribution < -0.4 is 5.73 Å². The molecular formula is C7H13N3. The van der Waals surface area contributed by atoms with E-state index in [1.165, 1.54) is 0 Å². The molecule has 1 heterocycles. The Labute approximate surface area is 61.4 Å². The molecule has 1 saturated heterocycles. The van der Waals surface area contributed by atoms with E-state index < -0.39 is 0 Å². The first-order valence-corrected chi connectivity index (χ1v) is 3.67. The summed E-state index contributed by atoms with van der Waals surface area (Å²) in [7, 11) is 0. The van der Waals surface area contributed by atoms with E-state index in [2.05, 4.69) is 11.0 Å². The summed E-state index contributed by atoms with van der Waals surface area (Å²) in [6.07, 6.45) is 0.906. The van der Waals surface area contributed by atoms with Gasteiger partial charge in [0.2, 0.25) is 0 Å². The van der Waals surface area contributed by atoms with E-state index in [1.54, 1.807) is 0 Å². The molecule has 10 heavy (non-hydrogen) atoms. The topological polar surface area (TPSA) is 53.0 Å². The molecule has 0 radical (unpaired) electrons. The Bertz CT molecular complexity index is 143. The number of nitriles is 1. The summed E-state index contributed by atoms with van der Waals surface area (Å²) in [6.45, 7) is 3.82. The van der Waals surface area contributed by atoms with Gasteiger partial charge in [-0.15, -0.1) is 0 Å². The average Bonchev–Trinajstić information content (AvgIpc) is 1.87. The second kappa shape index (κ2) is 3.00. The van der Waals surface area contributed by atoms with Gasteiger partial charge < -0.3 is 5.73 Å². The first-order chi connectivity index (χ1) is 4.77. The van der Waals surface area contributed by atoms with Crippen molar-refractivity contribution in [1.29, 1.82) is 5.26 Å². The van der Waals surface area contributed by atoms with E-state index in [9.17, 15) is 0 Å². The summed E-state index contributed by atoms with van der Waals surface area (Å²) in [4.78, 5) is 2.12. The van der Waals surface area contributed by atoms with Gasteiger partial charge in [0.25, 0.3) is 0 Å². The highest BCUT2D eigenvalue weighted by atomic mass is 15.2. The average molecular weight is 139 g/mol. The maximum atomic E-state index is 8.62. The van der Waals surface area contributed by atoms with Crippen molar-refractivity contribution in [1.82, 2.24) is 4.90 Å². The van der Waals surface area contributed by atoms with Gasteiger partial charge in [-0.2, -0.15) is 5.26 Å². The number of hydrogen-bond acceptors (Lipinski definition) is 3. The quantitative estimate of drug-likeness (QED) is 0.582. The van der Waals surface area contributed by atoms with E-state index in [4.69, 9.17) is 11.0 Å². The van der Waals surface area contributed by atoms with E-state index in [1.807, 2.05) is 6.92 Å². The maximum absolute atomic E-state index is 8.62. The van der Waals surface area contributed by atoms with Crippen LogP contribution in [0.4, 0.5) is 0 Å². The second-order valence-corrected chi connectivity index (χ2v) is 2.77. The van der Waals surface area contributed by atoms with Gasteiger partial charge in [-0.3, -0.25) is 4.90 Å². The molecule has 1 aliphatic heterocycles. The summed E-state index contributed by atoms with van der Waals surface area (Å²) in [5.74, 6) is 0. The van der Waals surface area contributed by atoms with Crippen LogP contribution in [0.15, 0.2) is 0 Å². The molecule has 0 aliphatic carbocycles. The molecule has 2 N–H and O–H groups in total. The van der Waals surface area contributed by atoms with Crippen LogP contribution in [0.1, 0.15) is 13.3 Å². The van der Waals surface area contributed by atoms with Crippen LogP contribution in [-0.2, 0) is 0 Å². The molecule has 0 bridgehead atoms. The van der Waals surface area contributed by atoms with E-state index >= 15 is 0 Å². The summed E-state index contributed by atoms with van der Waals surface area (Å²) in [5.41, 5.74) is 5.56. The molecule has 3 nitrogen and oxygen atoms in total. The summed E-state index contributed by atoms with van der Waals surface area (Å²) in [5, 5.41) is 8.62. The largest absolute Gasteiger partial charge is 0.325 e. The highest BCUT2D eigenvalue weighted by molar-refractivity contribution is 4.97. The fraction of sp³-hybridized carbons (Fsp3) is 0.857. The molecule has 3 heteroatoms. The Kier molecular flexibility index (Phi) is 2.25. The van der Waals surface area contributed by atoms with Crippen molar-refractivity contribution in [2.75, 3.05) is 13.1 Å². The first kappa shape index (κ1) is 7.52. The lowest BCUT2D eigenvalue weighted by molar-refractivity contribution is 0.119. The van der Waals surface area contributed by atoms with Crippen LogP contribution in [0.2, 0.25) is 0 Å². The third-order valence-corrected chi connectivity index (χ3v) is 1.91. The minimum atomic E-state index is 0.0970. The van der Waals surface area contributed by atoms with Crippen molar-refractivity contribution in [3.63, 3.8) is 0 Å². The van der Waals surface area contributed by atoms with Gasteiger partial charge in [-0.05, 0) is 6.42 Å². The fourth-order valence-corrected chi connectivity index (χ4v) is 1.23. The van der Waals surface area contributed by atoms with Crippen molar-refractivity contribution in [3.8, 4) is 6.07 Å². The molecule has 1 fully saturated rings. The first-order valence-electron chi connectivity index (χ1n) is 3.67. The molecule has 1 aliphatic rings. The van der Waals surface area contributed by atoms with Gasteiger partial charge in [-0.25, -0.2) is 0 Å². The molecule has 0 spiro atoms. The Balaban J connectivity index is 2.30. The highest BCUT2D eigenvalue weighted by Crippen LogP contribution is 2.11. The van der Waals surface area contributed by atoms with E-state index in [0.717, 1.165) is 19.5 Å². The lowest BCUT2D eigenvalue weighted by Gasteiger charge is -2.39. The van der Waals surface area contributed by atoms with Crippen LogP contribution in [0.5, 0.6) is 0 Å². The minimum absolute atomic E-state index is 0.0970. The van der Waals surface area contributed by atoms with Gasteiger partial charge in [0.1, 0.15) is 0 Å². The van der Waals surface area contributed by atoms with Crippen LogP contribution in [-0.4, -0.2) is 30.1 Å². The van der Waals surface area contributed by atoms with Gasteiger partial charge in [-0.1, -0.05) is 6.92 Å². The number of nitrogens with two attached hydrogens (primary N) is 1. The third kappa shape index (κ3) is 1.28. The number of hydrogen-bond donors (Lipinski definition) is 1. The predicted molar refractivity (Wildman–Crippen MR) is 39.2 cm³/mol. The van der Waals surface area contributed by atoms with Crippen molar-refractivity contribution in [2.45, 2.75) is 25.4 Å². The Morgan fingerprint density at radius 3 is 2.70 bits per heavy atom. The van der Waals surface area contributed by atoms with Crippen molar-refractivity contribution < 1.29 is 0 Å².